The maximum atomic E-state index is 14.4. The molecule has 61 heavy (non-hydrogen) atoms. The fourth-order valence-corrected chi connectivity index (χ4v) is 8.91. The molecule has 0 aromatic carbocycles. The van der Waals surface area contributed by atoms with Crippen molar-refractivity contribution in [3.63, 3.8) is 0 Å². The number of carbonyl (C=O) groups is 2. The number of halogens is 1. The molecule has 0 radical (unpaired) electrons. The van der Waals surface area contributed by atoms with E-state index in [1.807, 2.05) is 0 Å². The van der Waals surface area contributed by atoms with Gasteiger partial charge in [-0.3, -0.25) is 9.32 Å². The lowest BCUT2D eigenvalue weighted by atomic mass is 9.92. The lowest BCUT2D eigenvalue weighted by Gasteiger charge is -2.44. The highest BCUT2D eigenvalue weighted by molar-refractivity contribution is 7.46. The van der Waals surface area contributed by atoms with Crippen LogP contribution in [0.4, 0.5) is 4.39 Å². The number of aliphatic carboxylic acids is 1. The molecule has 1 aliphatic rings. The van der Waals surface area contributed by atoms with Gasteiger partial charge in [-0.15, -0.1) is 0 Å². The minimum Gasteiger partial charge on any atom is -0.479 e. The summed E-state index contributed by atoms with van der Waals surface area (Å²) in [7, 11) is -5.25. The summed E-state index contributed by atoms with van der Waals surface area (Å²) in [6.45, 7) is 5.89. The molecule has 0 saturated carbocycles. The number of amides is 1. The van der Waals surface area contributed by atoms with Crippen molar-refractivity contribution in [2.45, 2.75) is 269 Å². The quantitative estimate of drug-likeness (QED) is 0.0290. The number of unbranched alkanes of at least 4 members (excludes halogenated alkanes) is 25. The minimum atomic E-state index is -5.25. The molecular weight excluding hydrogens is 804 g/mol. The number of hydrogen-bond acceptors (Lipinski definition) is 8. The molecule has 1 aliphatic heterocycles. The van der Waals surface area contributed by atoms with Gasteiger partial charge in [0.15, 0.2) is 6.10 Å². The standard InChI is InChI=1S/C47H91FNO11P/c1-4-7-10-13-16-19-22-25-28-31-35-57-40(33-30-27-24-21-18-15-12-9-6-3)34-36-58-45-43(46(47(52)53)59-41(38-48)44(45)60-61(54,55)56)49-42(51)37-39(50)32-29-26-23-20-17-14-11-8-5-2/h39-41,43-46,50H,4-38H2,1-3H3,(H,49,51)(H,52,53)(H2,54,55,56)/t39-,40-,41-,43-,44-,45-,46+/m1/s1. The largest absolute Gasteiger partial charge is 0.479 e. The average molecular weight is 896 g/mol. The summed E-state index contributed by atoms with van der Waals surface area (Å²) in [5.74, 6) is -2.20. The van der Waals surface area contributed by atoms with Crippen molar-refractivity contribution in [2.75, 3.05) is 19.9 Å². The number of rotatable bonds is 43. The summed E-state index contributed by atoms with van der Waals surface area (Å²) in [6, 6.07) is -1.49. The highest BCUT2D eigenvalue weighted by Crippen LogP contribution is 2.42. The molecule has 0 bridgehead atoms. The number of carboxylic acid groups (broad SMARTS) is 1. The number of carbonyl (C=O) groups excluding carboxylic acids is 1. The minimum absolute atomic E-state index is 0.0231. The van der Waals surface area contributed by atoms with Crippen LogP contribution in [0.1, 0.15) is 226 Å². The molecule has 0 aliphatic carbocycles. The number of aliphatic hydroxyl groups excluding tert-OH is 1. The number of aliphatic hydroxyl groups is 1. The average Bonchev–Trinajstić information content (AvgIpc) is 3.21. The molecule has 1 heterocycles. The third-order valence-electron chi connectivity index (χ3n) is 12.0. The van der Waals surface area contributed by atoms with Crippen molar-refractivity contribution in [3.8, 4) is 0 Å². The molecule has 0 spiro atoms. The summed E-state index contributed by atoms with van der Waals surface area (Å²) >= 11 is 0. The topological polar surface area (TPSA) is 181 Å². The van der Waals surface area contributed by atoms with E-state index in [9.17, 15) is 38.5 Å². The zero-order valence-corrected chi connectivity index (χ0v) is 39.7. The summed E-state index contributed by atoms with van der Waals surface area (Å²) in [6.07, 6.45) is 26.1. The van der Waals surface area contributed by atoms with Gasteiger partial charge in [0.25, 0.3) is 0 Å². The first kappa shape index (κ1) is 57.8. The number of carboxylic acids is 1. The molecule has 0 aromatic rings. The van der Waals surface area contributed by atoms with E-state index >= 15 is 0 Å². The van der Waals surface area contributed by atoms with Gasteiger partial charge in [-0.25, -0.2) is 13.8 Å². The Morgan fingerprint density at radius 1 is 0.639 bits per heavy atom. The predicted octanol–water partition coefficient (Wildman–Crippen LogP) is 11.4. The van der Waals surface area contributed by atoms with Gasteiger partial charge in [0, 0.05) is 13.2 Å². The van der Waals surface area contributed by atoms with Crippen molar-refractivity contribution in [3.05, 3.63) is 0 Å². The first-order valence-electron chi connectivity index (χ1n) is 24.9. The molecule has 362 valence electrons. The molecular formula is C47H91FNO11P. The summed E-state index contributed by atoms with van der Waals surface area (Å²) in [4.78, 5) is 45.4. The monoisotopic (exact) mass is 896 g/mol. The van der Waals surface area contributed by atoms with Crippen LogP contribution < -0.4 is 5.32 Å². The third-order valence-corrected chi connectivity index (χ3v) is 12.5. The Morgan fingerprint density at radius 2 is 1.08 bits per heavy atom. The van der Waals surface area contributed by atoms with E-state index in [1.165, 1.54) is 116 Å². The van der Waals surface area contributed by atoms with Crippen molar-refractivity contribution >= 4 is 19.7 Å². The molecule has 1 fully saturated rings. The molecule has 0 aromatic heterocycles. The van der Waals surface area contributed by atoms with Gasteiger partial charge in [0.1, 0.15) is 25.0 Å². The Bertz CT molecular complexity index is 1100. The zero-order valence-electron chi connectivity index (χ0n) is 38.8. The van der Waals surface area contributed by atoms with Crippen molar-refractivity contribution < 1.29 is 57.3 Å². The van der Waals surface area contributed by atoms with E-state index in [2.05, 4.69) is 26.1 Å². The van der Waals surface area contributed by atoms with Crippen LogP contribution >= 0.6 is 7.82 Å². The molecule has 12 nitrogen and oxygen atoms in total. The van der Waals surface area contributed by atoms with Crippen LogP contribution in [-0.2, 0) is 32.9 Å². The lowest BCUT2D eigenvalue weighted by molar-refractivity contribution is -0.210. The molecule has 1 saturated heterocycles. The molecule has 7 atom stereocenters. The lowest BCUT2D eigenvalue weighted by Crippen LogP contribution is -2.67. The SMILES string of the molecule is CCCCCCCCCCCCO[C@H](CCCCCCCCCCC)CCO[C@@H]1[C@@H](NC(=O)C[C@H](O)CCCCCCCCCCC)[C@@H](C(=O)O)O[C@H](CF)[C@H]1OP(=O)(O)O. The normalized spacial score (nSPS) is 20.5. The van der Waals surface area contributed by atoms with Crippen molar-refractivity contribution in [1.82, 2.24) is 5.32 Å². The molecule has 14 heteroatoms. The van der Waals surface area contributed by atoms with Crippen LogP contribution in [0.5, 0.6) is 0 Å². The Hall–Kier alpha value is -1.18. The Morgan fingerprint density at radius 3 is 1.52 bits per heavy atom. The van der Waals surface area contributed by atoms with Crippen LogP contribution in [0.3, 0.4) is 0 Å². The van der Waals surface area contributed by atoms with Gasteiger partial charge in [-0.1, -0.05) is 194 Å². The Kier molecular flexibility index (Phi) is 36.1. The summed E-state index contributed by atoms with van der Waals surface area (Å²) in [5.41, 5.74) is 0. The van der Waals surface area contributed by atoms with Gasteiger partial charge in [0.05, 0.1) is 24.7 Å². The predicted molar refractivity (Wildman–Crippen MR) is 241 cm³/mol. The Labute approximate surface area is 370 Å². The van der Waals surface area contributed by atoms with Crippen LogP contribution in [0.15, 0.2) is 0 Å². The summed E-state index contributed by atoms with van der Waals surface area (Å²) < 4.78 is 49.6. The van der Waals surface area contributed by atoms with E-state index in [1.54, 1.807) is 0 Å². The number of alkyl halides is 1. The van der Waals surface area contributed by atoms with Crippen LogP contribution in [0.2, 0.25) is 0 Å². The van der Waals surface area contributed by atoms with E-state index in [4.69, 9.17) is 18.7 Å². The summed E-state index contributed by atoms with van der Waals surface area (Å²) in [5, 5.41) is 23.4. The first-order valence-corrected chi connectivity index (χ1v) is 26.4. The smallest absolute Gasteiger partial charge is 0.470 e. The number of ether oxygens (including phenoxy) is 3. The molecule has 1 amide bonds. The maximum Gasteiger partial charge on any atom is 0.470 e. The van der Waals surface area contributed by atoms with E-state index in [-0.39, 0.29) is 19.1 Å². The van der Waals surface area contributed by atoms with Crippen LogP contribution in [0.25, 0.3) is 0 Å². The third kappa shape index (κ3) is 30.6. The highest BCUT2D eigenvalue weighted by atomic mass is 31.2. The van der Waals surface area contributed by atoms with E-state index in [0.29, 0.717) is 19.4 Å². The number of phosphoric ester groups is 1. The molecule has 0 unspecified atom stereocenters. The van der Waals surface area contributed by atoms with Crippen molar-refractivity contribution in [2.24, 2.45) is 0 Å². The fourth-order valence-electron chi connectivity index (χ4n) is 8.34. The zero-order chi connectivity index (χ0) is 45.0. The molecule has 5 N–H and O–H groups in total. The molecule has 1 rings (SSSR count). The second kappa shape index (κ2) is 38.1. The number of nitrogens with one attached hydrogen (secondary N) is 1. The second-order valence-electron chi connectivity index (χ2n) is 17.6. The van der Waals surface area contributed by atoms with Crippen LogP contribution in [-0.4, -0.2) is 94.4 Å². The van der Waals surface area contributed by atoms with Gasteiger partial charge in [-0.05, 0) is 25.7 Å². The highest BCUT2D eigenvalue weighted by Gasteiger charge is 2.52. The van der Waals surface area contributed by atoms with E-state index < -0.39 is 62.9 Å². The number of hydrogen-bond donors (Lipinski definition) is 5. The van der Waals surface area contributed by atoms with Gasteiger partial charge < -0.3 is 39.5 Å². The maximum absolute atomic E-state index is 14.4. The van der Waals surface area contributed by atoms with Gasteiger partial charge in [0.2, 0.25) is 5.91 Å². The van der Waals surface area contributed by atoms with Gasteiger partial charge >= 0.3 is 13.8 Å². The Balaban J connectivity index is 2.94. The van der Waals surface area contributed by atoms with Gasteiger partial charge in [-0.2, -0.15) is 0 Å². The first-order chi connectivity index (χ1) is 29.5. The fraction of sp³-hybridized carbons (Fsp3) is 0.957. The van der Waals surface area contributed by atoms with E-state index in [0.717, 1.165) is 70.6 Å². The van der Waals surface area contributed by atoms with Crippen molar-refractivity contribution in [1.29, 1.82) is 0 Å². The second-order valence-corrected chi connectivity index (χ2v) is 18.8. The number of phosphoric acid groups is 1. The van der Waals surface area contributed by atoms with Crippen LogP contribution in [0, 0.1) is 0 Å².